The number of rotatable bonds is 8. The van der Waals surface area contributed by atoms with Crippen molar-refractivity contribution in [2.45, 2.75) is 32.4 Å². The molecule has 2 aromatic carbocycles. The standard InChI is InChI=1S/C24H24N4O/c1-2-9-22(16-25)26-23(29)15-14-21-18-28(17-19-10-5-3-6-11-19)27-24(21)20-12-7-4-8-13-20/h3-8,10-15,18,22H,2,9,17H2,1H3,(H,26,29)/b15-14+. The summed E-state index contributed by atoms with van der Waals surface area (Å²) in [6, 6.07) is 21.7. The molecule has 0 aliphatic heterocycles. The van der Waals surface area contributed by atoms with Crippen LogP contribution in [0.5, 0.6) is 0 Å². The van der Waals surface area contributed by atoms with Gasteiger partial charge in [0.25, 0.3) is 0 Å². The van der Waals surface area contributed by atoms with Gasteiger partial charge >= 0.3 is 0 Å². The van der Waals surface area contributed by atoms with Crippen LogP contribution in [0.4, 0.5) is 0 Å². The second kappa shape index (κ2) is 10.0. The van der Waals surface area contributed by atoms with Crippen molar-refractivity contribution < 1.29 is 4.79 Å². The Morgan fingerprint density at radius 3 is 2.52 bits per heavy atom. The highest BCUT2D eigenvalue weighted by molar-refractivity contribution is 5.93. The Labute approximate surface area is 171 Å². The van der Waals surface area contributed by atoms with E-state index in [2.05, 4.69) is 23.5 Å². The lowest BCUT2D eigenvalue weighted by molar-refractivity contribution is -0.116. The number of carbonyl (C=O) groups excluding carboxylic acids is 1. The molecule has 1 aromatic heterocycles. The molecule has 1 N–H and O–H groups in total. The van der Waals surface area contributed by atoms with Crippen molar-refractivity contribution in [3.05, 3.63) is 84.1 Å². The Morgan fingerprint density at radius 1 is 1.17 bits per heavy atom. The molecule has 1 atom stereocenters. The van der Waals surface area contributed by atoms with E-state index in [4.69, 9.17) is 10.4 Å². The zero-order chi connectivity index (χ0) is 20.5. The molecule has 3 aromatic rings. The summed E-state index contributed by atoms with van der Waals surface area (Å²) in [6.07, 6.45) is 6.64. The summed E-state index contributed by atoms with van der Waals surface area (Å²) in [5, 5.41) is 16.6. The maximum absolute atomic E-state index is 12.2. The van der Waals surface area contributed by atoms with Crippen LogP contribution >= 0.6 is 0 Å². The fraction of sp³-hybridized carbons (Fsp3) is 0.208. The average Bonchev–Trinajstić information content (AvgIpc) is 3.16. The molecule has 3 rings (SSSR count). The van der Waals surface area contributed by atoms with E-state index in [1.54, 1.807) is 6.08 Å². The van der Waals surface area contributed by atoms with Gasteiger partial charge in [-0.2, -0.15) is 10.4 Å². The average molecular weight is 384 g/mol. The maximum atomic E-state index is 12.2. The van der Waals surface area contributed by atoms with E-state index < -0.39 is 6.04 Å². The topological polar surface area (TPSA) is 70.7 Å². The SMILES string of the molecule is CCCC(C#N)NC(=O)/C=C/c1cn(Cc2ccccc2)nc1-c1ccccc1. The Morgan fingerprint density at radius 2 is 1.86 bits per heavy atom. The van der Waals surface area contributed by atoms with E-state index >= 15 is 0 Å². The first-order chi connectivity index (χ1) is 14.2. The number of nitrogens with zero attached hydrogens (tertiary/aromatic N) is 3. The normalized spacial score (nSPS) is 11.9. The van der Waals surface area contributed by atoms with Gasteiger partial charge in [-0.15, -0.1) is 0 Å². The lowest BCUT2D eigenvalue weighted by Gasteiger charge is -2.07. The summed E-state index contributed by atoms with van der Waals surface area (Å²) >= 11 is 0. The molecule has 0 aliphatic carbocycles. The smallest absolute Gasteiger partial charge is 0.245 e. The first kappa shape index (κ1) is 20.1. The van der Waals surface area contributed by atoms with Gasteiger partial charge in [0.1, 0.15) is 6.04 Å². The number of aromatic nitrogens is 2. The lowest BCUT2D eigenvalue weighted by Crippen LogP contribution is -2.32. The third kappa shape index (κ3) is 5.66. The highest BCUT2D eigenvalue weighted by atomic mass is 16.1. The minimum atomic E-state index is -0.466. The van der Waals surface area contributed by atoms with E-state index in [0.717, 1.165) is 28.8 Å². The first-order valence-corrected chi connectivity index (χ1v) is 9.74. The molecule has 0 saturated carbocycles. The van der Waals surface area contributed by atoms with E-state index in [0.29, 0.717) is 13.0 Å². The second-order valence-electron chi connectivity index (χ2n) is 6.79. The van der Waals surface area contributed by atoms with Crippen LogP contribution in [-0.2, 0) is 11.3 Å². The summed E-state index contributed by atoms with van der Waals surface area (Å²) in [7, 11) is 0. The summed E-state index contributed by atoms with van der Waals surface area (Å²) < 4.78 is 1.88. The Hall–Kier alpha value is -3.65. The Balaban J connectivity index is 1.84. The molecule has 5 heteroatoms. The molecule has 5 nitrogen and oxygen atoms in total. The molecule has 0 aliphatic rings. The summed E-state index contributed by atoms with van der Waals surface area (Å²) in [4.78, 5) is 12.2. The van der Waals surface area contributed by atoms with Crippen LogP contribution in [0.25, 0.3) is 17.3 Å². The fourth-order valence-corrected chi connectivity index (χ4v) is 3.07. The molecule has 1 amide bonds. The van der Waals surface area contributed by atoms with Crippen molar-refractivity contribution in [1.82, 2.24) is 15.1 Å². The van der Waals surface area contributed by atoms with Gasteiger partial charge in [0.15, 0.2) is 0 Å². The molecule has 146 valence electrons. The number of nitrogens with one attached hydrogen (secondary N) is 1. The molecule has 29 heavy (non-hydrogen) atoms. The highest BCUT2D eigenvalue weighted by Crippen LogP contribution is 2.23. The monoisotopic (exact) mass is 384 g/mol. The van der Waals surface area contributed by atoms with Crippen LogP contribution in [0.1, 0.15) is 30.9 Å². The minimum absolute atomic E-state index is 0.278. The zero-order valence-corrected chi connectivity index (χ0v) is 16.5. The third-order valence-corrected chi connectivity index (χ3v) is 4.49. The maximum Gasteiger partial charge on any atom is 0.245 e. The molecule has 0 bridgehead atoms. The van der Waals surface area contributed by atoms with Gasteiger partial charge in [-0.3, -0.25) is 9.48 Å². The second-order valence-corrected chi connectivity index (χ2v) is 6.79. The molecule has 0 spiro atoms. The quantitative estimate of drug-likeness (QED) is 0.585. The number of benzene rings is 2. The molecule has 0 radical (unpaired) electrons. The van der Waals surface area contributed by atoms with Crippen LogP contribution in [0, 0.1) is 11.3 Å². The highest BCUT2D eigenvalue weighted by Gasteiger charge is 2.11. The van der Waals surface area contributed by atoms with Crippen LogP contribution in [0.15, 0.2) is 72.9 Å². The third-order valence-electron chi connectivity index (χ3n) is 4.49. The van der Waals surface area contributed by atoms with Crippen molar-refractivity contribution in [1.29, 1.82) is 5.26 Å². The Bertz CT molecular complexity index is 1000. The van der Waals surface area contributed by atoms with E-state index in [-0.39, 0.29) is 5.91 Å². The van der Waals surface area contributed by atoms with Crippen molar-refractivity contribution in [3.8, 4) is 17.3 Å². The van der Waals surface area contributed by atoms with E-state index in [1.807, 2.05) is 66.3 Å². The summed E-state index contributed by atoms with van der Waals surface area (Å²) in [5.41, 5.74) is 3.81. The van der Waals surface area contributed by atoms with E-state index in [9.17, 15) is 4.79 Å². The molecular weight excluding hydrogens is 360 g/mol. The first-order valence-electron chi connectivity index (χ1n) is 9.74. The Kier molecular flexibility index (Phi) is 6.96. The van der Waals surface area contributed by atoms with Crippen LogP contribution in [0.3, 0.4) is 0 Å². The van der Waals surface area contributed by atoms with Crippen LogP contribution in [0.2, 0.25) is 0 Å². The van der Waals surface area contributed by atoms with Gasteiger partial charge < -0.3 is 5.32 Å². The van der Waals surface area contributed by atoms with Crippen LogP contribution in [-0.4, -0.2) is 21.7 Å². The summed E-state index contributed by atoms with van der Waals surface area (Å²) in [5.74, 6) is -0.278. The van der Waals surface area contributed by atoms with Crippen LogP contribution < -0.4 is 5.32 Å². The van der Waals surface area contributed by atoms with Gasteiger partial charge in [-0.05, 0) is 18.1 Å². The fourth-order valence-electron chi connectivity index (χ4n) is 3.07. The lowest BCUT2D eigenvalue weighted by atomic mass is 10.1. The number of hydrogen-bond acceptors (Lipinski definition) is 3. The van der Waals surface area contributed by atoms with Gasteiger partial charge in [-0.25, -0.2) is 0 Å². The van der Waals surface area contributed by atoms with Gasteiger partial charge in [0.2, 0.25) is 5.91 Å². The van der Waals surface area contributed by atoms with Gasteiger partial charge in [-0.1, -0.05) is 74.0 Å². The largest absolute Gasteiger partial charge is 0.337 e. The number of amides is 1. The minimum Gasteiger partial charge on any atom is -0.337 e. The van der Waals surface area contributed by atoms with Crippen molar-refractivity contribution in [2.75, 3.05) is 0 Å². The molecule has 0 fully saturated rings. The van der Waals surface area contributed by atoms with Gasteiger partial charge in [0.05, 0.1) is 18.3 Å². The number of nitriles is 1. The van der Waals surface area contributed by atoms with Gasteiger partial charge in [0, 0.05) is 23.4 Å². The number of carbonyl (C=O) groups is 1. The van der Waals surface area contributed by atoms with Crippen molar-refractivity contribution in [3.63, 3.8) is 0 Å². The predicted molar refractivity (Wildman–Crippen MR) is 115 cm³/mol. The summed E-state index contributed by atoms with van der Waals surface area (Å²) in [6.45, 7) is 2.63. The van der Waals surface area contributed by atoms with Crippen molar-refractivity contribution >= 4 is 12.0 Å². The predicted octanol–water partition coefficient (Wildman–Crippen LogP) is 4.42. The molecule has 0 saturated heterocycles. The van der Waals surface area contributed by atoms with Crippen molar-refractivity contribution in [2.24, 2.45) is 0 Å². The molecular formula is C24H24N4O. The molecule has 1 heterocycles. The number of hydrogen-bond donors (Lipinski definition) is 1. The zero-order valence-electron chi connectivity index (χ0n) is 16.5. The van der Waals surface area contributed by atoms with E-state index in [1.165, 1.54) is 6.08 Å². The molecule has 1 unspecified atom stereocenters.